The monoisotopic (exact) mass is 313 g/mol. The Kier molecular flexibility index (Phi) is 4.24. The summed E-state index contributed by atoms with van der Waals surface area (Å²) in [5, 5.41) is 12.6. The molecule has 5 heteroatoms. The number of benzene rings is 1. The number of rotatable bonds is 3. The third-order valence-corrected chi connectivity index (χ3v) is 3.77. The molecule has 0 heterocycles. The van der Waals surface area contributed by atoms with E-state index in [9.17, 15) is 9.90 Å². The van der Waals surface area contributed by atoms with Crippen LogP contribution >= 0.6 is 15.9 Å². The molecular formula is C13H16BrNO3. The van der Waals surface area contributed by atoms with Crippen molar-refractivity contribution in [3.8, 4) is 5.75 Å². The quantitative estimate of drug-likeness (QED) is 0.901. The van der Waals surface area contributed by atoms with Crippen LogP contribution in [0.15, 0.2) is 22.7 Å². The van der Waals surface area contributed by atoms with Crippen LogP contribution in [0.3, 0.4) is 0 Å². The fourth-order valence-corrected chi connectivity index (χ4v) is 2.67. The maximum absolute atomic E-state index is 12.1. The van der Waals surface area contributed by atoms with Gasteiger partial charge in [0.2, 0.25) is 0 Å². The number of phenolic OH excluding ortho intramolecular Hbond substituents is 1. The van der Waals surface area contributed by atoms with Crippen molar-refractivity contribution in [2.45, 2.75) is 31.4 Å². The van der Waals surface area contributed by atoms with Crippen LogP contribution in [0.5, 0.6) is 5.75 Å². The minimum absolute atomic E-state index is 0.0114. The molecule has 2 atom stereocenters. The summed E-state index contributed by atoms with van der Waals surface area (Å²) in [6.07, 6.45) is 3.00. The van der Waals surface area contributed by atoms with E-state index >= 15 is 0 Å². The number of phenols is 1. The van der Waals surface area contributed by atoms with Crippen LogP contribution in [-0.2, 0) is 4.74 Å². The molecule has 0 aliphatic heterocycles. The zero-order valence-corrected chi connectivity index (χ0v) is 11.7. The van der Waals surface area contributed by atoms with Gasteiger partial charge < -0.3 is 15.2 Å². The summed E-state index contributed by atoms with van der Waals surface area (Å²) in [5.41, 5.74) is 0.283. The van der Waals surface area contributed by atoms with E-state index in [1.807, 2.05) is 0 Å². The van der Waals surface area contributed by atoms with Crippen LogP contribution < -0.4 is 5.32 Å². The van der Waals surface area contributed by atoms with Gasteiger partial charge in [-0.25, -0.2) is 0 Å². The Bertz CT molecular complexity index is 450. The Morgan fingerprint density at radius 1 is 1.50 bits per heavy atom. The van der Waals surface area contributed by atoms with Crippen LogP contribution in [0.25, 0.3) is 0 Å². The third kappa shape index (κ3) is 2.84. The number of halogens is 1. The molecule has 1 aliphatic carbocycles. The number of aromatic hydroxyl groups is 1. The highest BCUT2D eigenvalue weighted by Gasteiger charge is 2.29. The fourth-order valence-electron chi connectivity index (χ4n) is 2.31. The van der Waals surface area contributed by atoms with Gasteiger partial charge in [0.15, 0.2) is 0 Å². The lowest BCUT2D eigenvalue weighted by Gasteiger charge is -2.19. The molecule has 0 bridgehead atoms. The topological polar surface area (TPSA) is 58.6 Å². The zero-order valence-electron chi connectivity index (χ0n) is 10.1. The molecule has 2 unspecified atom stereocenters. The first-order chi connectivity index (χ1) is 8.61. The largest absolute Gasteiger partial charge is 0.507 e. The third-order valence-electron chi connectivity index (χ3n) is 3.28. The Balaban J connectivity index is 2.09. The van der Waals surface area contributed by atoms with Crippen LogP contribution in [0.1, 0.15) is 29.6 Å². The molecule has 1 aromatic rings. The number of hydrogen-bond donors (Lipinski definition) is 2. The number of methoxy groups -OCH3 is 1. The van der Waals surface area contributed by atoms with Gasteiger partial charge in [-0.1, -0.05) is 15.9 Å². The van der Waals surface area contributed by atoms with Crippen LogP contribution in [0, 0.1) is 0 Å². The maximum atomic E-state index is 12.1. The van der Waals surface area contributed by atoms with Crippen molar-refractivity contribution in [1.29, 1.82) is 0 Å². The van der Waals surface area contributed by atoms with Crippen LogP contribution in [0.4, 0.5) is 0 Å². The first kappa shape index (κ1) is 13.4. The summed E-state index contributed by atoms with van der Waals surface area (Å²) >= 11 is 3.29. The van der Waals surface area contributed by atoms with Gasteiger partial charge >= 0.3 is 0 Å². The molecular weight excluding hydrogens is 298 g/mol. The predicted molar refractivity (Wildman–Crippen MR) is 71.7 cm³/mol. The molecule has 18 heavy (non-hydrogen) atoms. The van der Waals surface area contributed by atoms with Crippen molar-refractivity contribution in [2.75, 3.05) is 7.11 Å². The van der Waals surface area contributed by atoms with Crippen LogP contribution in [0.2, 0.25) is 0 Å². The highest BCUT2D eigenvalue weighted by atomic mass is 79.9. The summed E-state index contributed by atoms with van der Waals surface area (Å²) < 4.78 is 6.09. The van der Waals surface area contributed by atoms with Gasteiger partial charge in [-0.15, -0.1) is 0 Å². The van der Waals surface area contributed by atoms with Crippen molar-refractivity contribution in [3.63, 3.8) is 0 Å². The van der Waals surface area contributed by atoms with Crippen molar-refractivity contribution in [3.05, 3.63) is 28.2 Å². The second kappa shape index (κ2) is 5.71. The van der Waals surface area contributed by atoms with Gasteiger partial charge in [-0.2, -0.15) is 0 Å². The SMILES string of the molecule is COC1CCCC1NC(=O)c1cc(Br)ccc1O. The van der Waals surface area contributed by atoms with Crippen LogP contribution in [-0.4, -0.2) is 30.3 Å². The molecule has 1 saturated carbocycles. The van der Waals surface area contributed by atoms with Crippen molar-refractivity contribution < 1.29 is 14.6 Å². The van der Waals surface area contributed by atoms with E-state index in [2.05, 4.69) is 21.2 Å². The van der Waals surface area contributed by atoms with E-state index in [4.69, 9.17) is 4.74 Å². The highest BCUT2D eigenvalue weighted by molar-refractivity contribution is 9.10. The number of carbonyl (C=O) groups is 1. The molecule has 4 nitrogen and oxygen atoms in total. The minimum atomic E-state index is -0.261. The Hall–Kier alpha value is -1.07. The second-order valence-corrected chi connectivity index (χ2v) is 5.36. The summed E-state index contributed by atoms with van der Waals surface area (Å²) in [7, 11) is 1.66. The fraction of sp³-hybridized carbons (Fsp3) is 0.462. The summed E-state index contributed by atoms with van der Waals surface area (Å²) in [4.78, 5) is 12.1. The molecule has 1 amide bonds. The molecule has 98 valence electrons. The summed E-state index contributed by atoms with van der Waals surface area (Å²) in [5.74, 6) is -0.273. The average molecular weight is 314 g/mol. The molecule has 0 spiro atoms. The molecule has 1 aliphatic rings. The number of nitrogens with one attached hydrogen (secondary N) is 1. The lowest BCUT2D eigenvalue weighted by molar-refractivity contribution is 0.0720. The van der Waals surface area contributed by atoms with Gasteiger partial charge in [0.1, 0.15) is 5.75 Å². The molecule has 2 rings (SSSR count). The van der Waals surface area contributed by atoms with Crippen molar-refractivity contribution >= 4 is 21.8 Å². The Labute approximate surface area is 114 Å². The Morgan fingerprint density at radius 3 is 3.00 bits per heavy atom. The van der Waals surface area contributed by atoms with E-state index < -0.39 is 0 Å². The van der Waals surface area contributed by atoms with Gasteiger partial charge in [0.05, 0.1) is 17.7 Å². The molecule has 1 aromatic carbocycles. The van der Waals surface area contributed by atoms with Crippen molar-refractivity contribution in [1.82, 2.24) is 5.32 Å². The lowest BCUT2D eigenvalue weighted by atomic mass is 10.1. The minimum Gasteiger partial charge on any atom is -0.507 e. The smallest absolute Gasteiger partial charge is 0.255 e. The second-order valence-electron chi connectivity index (χ2n) is 4.45. The maximum Gasteiger partial charge on any atom is 0.255 e. The molecule has 0 aromatic heterocycles. The lowest BCUT2D eigenvalue weighted by Crippen LogP contribution is -2.40. The molecule has 2 N–H and O–H groups in total. The van der Waals surface area contributed by atoms with E-state index in [1.165, 1.54) is 6.07 Å². The zero-order chi connectivity index (χ0) is 13.1. The first-order valence-corrected chi connectivity index (χ1v) is 6.73. The highest BCUT2D eigenvalue weighted by Crippen LogP contribution is 2.25. The van der Waals surface area contributed by atoms with E-state index in [0.29, 0.717) is 0 Å². The van der Waals surface area contributed by atoms with Crippen molar-refractivity contribution in [2.24, 2.45) is 0 Å². The van der Waals surface area contributed by atoms with Gasteiger partial charge in [0.25, 0.3) is 5.91 Å². The number of ether oxygens (including phenoxy) is 1. The van der Waals surface area contributed by atoms with Gasteiger partial charge in [-0.3, -0.25) is 4.79 Å². The summed E-state index contributed by atoms with van der Waals surface area (Å²) in [6.45, 7) is 0. The number of hydrogen-bond acceptors (Lipinski definition) is 3. The van der Waals surface area contributed by atoms with Gasteiger partial charge in [0, 0.05) is 11.6 Å². The van der Waals surface area contributed by atoms with E-state index in [1.54, 1.807) is 19.2 Å². The van der Waals surface area contributed by atoms with Gasteiger partial charge in [-0.05, 0) is 37.5 Å². The van der Waals surface area contributed by atoms with E-state index in [-0.39, 0.29) is 29.4 Å². The molecule has 0 radical (unpaired) electrons. The number of carbonyl (C=O) groups excluding carboxylic acids is 1. The summed E-state index contributed by atoms with van der Waals surface area (Å²) in [6, 6.07) is 4.84. The first-order valence-electron chi connectivity index (χ1n) is 5.94. The molecule has 0 saturated heterocycles. The average Bonchev–Trinajstić information content (AvgIpc) is 2.79. The van der Waals surface area contributed by atoms with E-state index in [0.717, 1.165) is 23.7 Å². The predicted octanol–water partition coefficient (Wildman–Crippen LogP) is 2.45. The Morgan fingerprint density at radius 2 is 2.28 bits per heavy atom. The normalized spacial score (nSPS) is 23.0. The standard InChI is InChI=1S/C13H16BrNO3/c1-18-12-4-2-3-10(12)15-13(17)9-7-8(14)5-6-11(9)16/h5-7,10,12,16H,2-4H2,1H3,(H,15,17). The molecule has 1 fully saturated rings. The number of amides is 1.